The Labute approximate surface area is 175 Å². The van der Waals surface area contributed by atoms with Crippen LogP contribution in [-0.4, -0.2) is 48.1 Å². The third-order valence-corrected chi connectivity index (χ3v) is 4.86. The van der Waals surface area contributed by atoms with Crippen molar-refractivity contribution in [1.82, 2.24) is 10.2 Å². The standard InChI is InChI=1S/C19H21BrF3N3O3/c1-18(2,3)29-17(28)26-9-19(10-26,15(22)23)16(27)25-13(8-24)6-11-4-5-12(20)7-14(11)21/h4-5,7,13,15H,6,9-10H2,1-3H3,(H,25,27)/t13-/m0/s1. The van der Waals surface area contributed by atoms with Gasteiger partial charge in [-0.2, -0.15) is 5.26 Å². The molecule has 0 bridgehead atoms. The Hall–Kier alpha value is -2.28. The molecule has 1 aliphatic heterocycles. The molecule has 1 saturated heterocycles. The maximum atomic E-state index is 14.0. The van der Waals surface area contributed by atoms with Gasteiger partial charge >= 0.3 is 6.09 Å². The Morgan fingerprint density at radius 3 is 2.48 bits per heavy atom. The highest BCUT2D eigenvalue weighted by Crippen LogP contribution is 2.38. The average molecular weight is 476 g/mol. The van der Waals surface area contributed by atoms with Crippen LogP contribution in [0.5, 0.6) is 0 Å². The first-order valence-corrected chi connectivity index (χ1v) is 9.58. The second kappa shape index (κ2) is 8.61. The lowest BCUT2D eigenvalue weighted by Gasteiger charge is -2.47. The fourth-order valence-electron chi connectivity index (χ4n) is 2.81. The fraction of sp³-hybridized carbons (Fsp3) is 0.526. The van der Waals surface area contributed by atoms with E-state index in [1.165, 1.54) is 12.1 Å². The molecule has 1 heterocycles. The minimum absolute atomic E-state index is 0.162. The summed E-state index contributed by atoms with van der Waals surface area (Å²) in [5.41, 5.74) is -2.77. The Kier molecular flexibility index (Phi) is 6.83. The average Bonchev–Trinajstić information content (AvgIpc) is 2.53. The van der Waals surface area contributed by atoms with E-state index in [9.17, 15) is 28.0 Å². The highest BCUT2D eigenvalue weighted by Gasteiger charge is 2.58. The number of carbonyl (C=O) groups is 2. The van der Waals surface area contributed by atoms with Crippen molar-refractivity contribution in [3.05, 3.63) is 34.1 Å². The summed E-state index contributed by atoms with van der Waals surface area (Å²) >= 11 is 3.11. The van der Waals surface area contributed by atoms with E-state index in [-0.39, 0.29) is 12.0 Å². The molecule has 0 spiro atoms. The zero-order valence-corrected chi connectivity index (χ0v) is 17.7. The van der Waals surface area contributed by atoms with Crippen molar-refractivity contribution in [3.63, 3.8) is 0 Å². The lowest BCUT2D eigenvalue weighted by molar-refractivity contribution is -0.160. The molecule has 29 heavy (non-hydrogen) atoms. The van der Waals surface area contributed by atoms with E-state index in [0.717, 1.165) is 4.90 Å². The van der Waals surface area contributed by atoms with Gasteiger partial charge < -0.3 is 15.0 Å². The second-order valence-electron chi connectivity index (χ2n) is 7.89. The summed E-state index contributed by atoms with van der Waals surface area (Å²) in [6.07, 6.45) is -4.03. The molecule has 1 N–H and O–H groups in total. The Morgan fingerprint density at radius 1 is 1.38 bits per heavy atom. The van der Waals surface area contributed by atoms with Crippen molar-refractivity contribution < 1.29 is 27.5 Å². The zero-order chi connectivity index (χ0) is 22.0. The number of amides is 2. The molecule has 10 heteroatoms. The molecular formula is C19H21BrF3N3O3. The first-order chi connectivity index (χ1) is 13.4. The monoisotopic (exact) mass is 475 g/mol. The molecule has 2 rings (SSSR count). The van der Waals surface area contributed by atoms with Gasteiger partial charge in [-0.15, -0.1) is 0 Å². The number of likely N-dealkylation sites (tertiary alicyclic amines) is 1. The van der Waals surface area contributed by atoms with Crippen LogP contribution in [0.3, 0.4) is 0 Å². The molecule has 0 aliphatic carbocycles. The number of nitriles is 1. The van der Waals surface area contributed by atoms with E-state index in [2.05, 4.69) is 21.2 Å². The highest BCUT2D eigenvalue weighted by atomic mass is 79.9. The van der Waals surface area contributed by atoms with Crippen molar-refractivity contribution in [2.45, 2.75) is 45.3 Å². The fourth-order valence-corrected chi connectivity index (χ4v) is 3.14. The molecule has 2 amide bonds. The number of alkyl halides is 2. The van der Waals surface area contributed by atoms with E-state index in [1.54, 1.807) is 32.9 Å². The van der Waals surface area contributed by atoms with E-state index < -0.39 is 54.4 Å². The third-order valence-electron chi connectivity index (χ3n) is 4.37. The number of hydrogen-bond donors (Lipinski definition) is 1. The number of nitrogens with zero attached hydrogens (tertiary/aromatic N) is 2. The van der Waals surface area contributed by atoms with Crippen molar-refractivity contribution >= 4 is 27.9 Å². The number of rotatable bonds is 5. The molecule has 1 aromatic rings. The SMILES string of the molecule is CC(C)(C)OC(=O)N1CC(C(=O)N[C@H](C#N)Cc2ccc(Br)cc2F)(C(F)F)C1. The van der Waals surface area contributed by atoms with Crippen molar-refractivity contribution in [2.24, 2.45) is 5.41 Å². The molecule has 0 radical (unpaired) electrons. The first kappa shape index (κ1) is 23.0. The third kappa shape index (κ3) is 5.41. The number of halogens is 4. The van der Waals surface area contributed by atoms with Crippen LogP contribution in [0.25, 0.3) is 0 Å². The van der Waals surface area contributed by atoms with Crippen LogP contribution in [0.4, 0.5) is 18.0 Å². The Bertz CT molecular complexity index is 830. The van der Waals surface area contributed by atoms with E-state index in [0.29, 0.717) is 4.47 Å². The van der Waals surface area contributed by atoms with Crippen LogP contribution < -0.4 is 5.32 Å². The van der Waals surface area contributed by atoms with Crippen LogP contribution in [0, 0.1) is 22.6 Å². The van der Waals surface area contributed by atoms with Crippen LogP contribution in [0.2, 0.25) is 0 Å². The quantitative estimate of drug-likeness (QED) is 0.704. The number of carbonyl (C=O) groups excluding carboxylic acids is 2. The summed E-state index contributed by atoms with van der Waals surface area (Å²) in [6.45, 7) is 3.84. The van der Waals surface area contributed by atoms with Gasteiger partial charge in [-0.05, 0) is 38.5 Å². The van der Waals surface area contributed by atoms with Gasteiger partial charge in [0.05, 0.1) is 6.07 Å². The summed E-state index contributed by atoms with van der Waals surface area (Å²) in [6, 6.07) is 4.79. The lowest BCUT2D eigenvalue weighted by atomic mass is 9.79. The van der Waals surface area contributed by atoms with Crippen molar-refractivity contribution in [3.8, 4) is 6.07 Å². The predicted octanol–water partition coefficient (Wildman–Crippen LogP) is 3.64. The number of hydrogen-bond acceptors (Lipinski definition) is 4. The van der Waals surface area contributed by atoms with Gasteiger partial charge in [0.15, 0.2) is 0 Å². The van der Waals surface area contributed by atoms with Gasteiger partial charge in [0.25, 0.3) is 6.43 Å². The molecule has 0 unspecified atom stereocenters. The summed E-state index contributed by atoms with van der Waals surface area (Å²) in [4.78, 5) is 25.5. The van der Waals surface area contributed by atoms with Crippen molar-refractivity contribution in [2.75, 3.05) is 13.1 Å². The molecule has 0 aromatic heterocycles. The number of benzene rings is 1. The number of nitrogens with one attached hydrogen (secondary N) is 1. The molecule has 1 aromatic carbocycles. The van der Waals surface area contributed by atoms with Gasteiger partial charge in [-0.3, -0.25) is 4.79 Å². The summed E-state index contributed by atoms with van der Waals surface area (Å²) in [7, 11) is 0. The van der Waals surface area contributed by atoms with E-state index in [4.69, 9.17) is 4.74 Å². The second-order valence-corrected chi connectivity index (χ2v) is 8.80. The maximum Gasteiger partial charge on any atom is 0.410 e. The Morgan fingerprint density at radius 2 is 2.00 bits per heavy atom. The van der Waals surface area contributed by atoms with Gasteiger partial charge in [-0.25, -0.2) is 18.0 Å². The van der Waals surface area contributed by atoms with E-state index in [1.807, 2.05) is 0 Å². The first-order valence-electron chi connectivity index (χ1n) is 8.78. The predicted molar refractivity (Wildman–Crippen MR) is 102 cm³/mol. The summed E-state index contributed by atoms with van der Waals surface area (Å²) in [5, 5.41) is 11.5. The Balaban J connectivity index is 2.06. The normalized spacial score (nSPS) is 16.6. The van der Waals surface area contributed by atoms with Crippen LogP contribution >= 0.6 is 15.9 Å². The van der Waals surface area contributed by atoms with E-state index >= 15 is 0 Å². The van der Waals surface area contributed by atoms with Crippen molar-refractivity contribution in [1.29, 1.82) is 5.26 Å². The summed E-state index contributed by atoms with van der Waals surface area (Å²) in [5.74, 6) is -1.64. The minimum Gasteiger partial charge on any atom is -0.444 e. The molecule has 1 fully saturated rings. The summed E-state index contributed by atoms with van der Waals surface area (Å²) < 4.78 is 46.9. The zero-order valence-electron chi connectivity index (χ0n) is 16.1. The molecule has 1 atom stereocenters. The topological polar surface area (TPSA) is 82.4 Å². The van der Waals surface area contributed by atoms with Crippen LogP contribution in [0.15, 0.2) is 22.7 Å². The van der Waals surface area contributed by atoms with Gasteiger partial charge in [-0.1, -0.05) is 22.0 Å². The van der Waals surface area contributed by atoms with Gasteiger partial charge in [0, 0.05) is 24.0 Å². The van der Waals surface area contributed by atoms with Gasteiger partial charge in [0.1, 0.15) is 22.9 Å². The highest BCUT2D eigenvalue weighted by molar-refractivity contribution is 9.10. The molecule has 158 valence electrons. The smallest absolute Gasteiger partial charge is 0.410 e. The van der Waals surface area contributed by atoms with Crippen LogP contribution in [-0.2, 0) is 16.0 Å². The molecule has 1 aliphatic rings. The van der Waals surface area contributed by atoms with Gasteiger partial charge in [0.2, 0.25) is 5.91 Å². The molecular weight excluding hydrogens is 455 g/mol. The molecule has 0 saturated carbocycles. The van der Waals surface area contributed by atoms with Crippen LogP contribution in [0.1, 0.15) is 26.3 Å². The number of ether oxygens (including phenoxy) is 1. The molecule has 6 nitrogen and oxygen atoms in total. The maximum absolute atomic E-state index is 14.0. The minimum atomic E-state index is -3.05. The largest absolute Gasteiger partial charge is 0.444 e. The lowest BCUT2D eigenvalue weighted by Crippen LogP contribution is -2.68.